The Morgan fingerprint density at radius 3 is 1.51 bits per heavy atom. The summed E-state index contributed by atoms with van der Waals surface area (Å²) in [5, 5.41) is 4.87. The maximum absolute atomic E-state index is 6.33. The Balaban J connectivity index is 0.712. The highest BCUT2D eigenvalue weighted by Crippen LogP contribution is 2.56. The first-order chi connectivity index (χ1) is 42.5. The lowest BCUT2D eigenvalue weighted by Crippen LogP contribution is -2.27. The van der Waals surface area contributed by atoms with Crippen LogP contribution in [0.25, 0.3) is 94.9 Å². The Kier molecular flexibility index (Phi) is 14.9. The van der Waals surface area contributed by atoms with E-state index in [2.05, 4.69) is 302 Å². The van der Waals surface area contributed by atoms with Crippen molar-refractivity contribution in [2.75, 3.05) is 11.5 Å². The first kappa shape index (κ1) is 53.8. The van der Waals surface area contributed by atoms with E-state index in [0.29, 0.717) is 0 Å². The highest BCUT2D eigenvalue weighted by molar-refractivity contribution is 6.11. The number of hydrogen-bond donors (Lipinski definition) is 0. The molecule has 0 saturated carbocycles. The standard InChI is InChI=1S/C83H68N2O/c1-3-59-30-34-61(35-31-59)64-38-39-66-55-74(48-42-65(66)54-64)86-53-21-8-6-5-7-20-52-83(69-22-12-9-13-23-69)79-29-19-18-28-75(79)76-49-47-73(58-80(76)83)84(70-24-14-10-15-25-70)72-45-40-63(41-46-72)68-44-51-82-78(57-68)77-56-67(62-36-32-60(4-2)33-37-62)43-50-81(77)85(82)71-26-16-11-17-27-71/h3-4,9-19,22-51,54-58H,1-2,5-8,20-21,52-53H2. The van der Waals surface area contributed by atoms with Crippen LogP contribution in [-0.2, 0) is 5.41 Å². The first-order valence-corrected chi connectivity index (χ1v) is 30.5. The Bertz CT molecular complexity index is 4560. The summed E-state index contributed by atoms with van der Waals surface area (Å²) in [4.78, 5) is 2.44. The minimum absolute atomic E-state index is 0.305. The van der Waals surface area contributed by atoms with Gasteiger partial charge in [0.05, 0.1) is 17.6 Å². The van der Waals surface area contributed by atoms with Gasteiger partial charge in [-0.05, 0) is 187 Å². The summed E-state index contributed by atoms with van der Waals surface area (Å²) >= 11 is 0. The van der Waals surface area contributed by atoms with Crippen molar-refractivity contribution in [1.82, 2.24) is 4.57 Å². The van der Waals surface area contributed by atoms with Crippen LogP contribution in [-0.4, -0.2) is 11.2 Å². The zero-order valence-corrected chi connectivity index (χ0v) is 48.6. The number of rotatable bonds is 20. The number of fused-ring (bicyclic) bond motifs is 7. The van der Waals surface area contributed by atoms with Crippen LogP contribution >= 0.6 is 0 Å². The number of anilines is 3. The van der Waals surface area contributed by atoms with Gasteiger partial charge >= 0.3 is 0 Å². The third-order valence-electron chi connectivity index (χ3n) is 17.9. The molecule has 1 heterocycles. The van der Waals surface area contributed by atoms with E-state index in [0.717, 1.165) is 71.9 Å². The van der Waals surface area contributed by atoms with Gasteiger partial charge in [0.2, 0.25) is 0 Å². The van der Waals surface area contributed by atoms with Gasteiger partial charge in [-0.3, -0.25) is 0 Å². The molecule has 3 nitrogen and oxygen atoms in total. The smallest absolute Gasteiger partial charge is 0.119 e. The van der Waals surface area contributed by atoms with Crippen molar-refractivity contribution < 1.29 is 4.74 Å². The lowest BCUT2D eigenvalue weighted by atomic mass is 9.69. The largest absolute Gasteiger partial charge is 0.494 e. The number of benzene rings is 12. The molecule has 0 fully saturated rings. The molecule has 0 radical (unpaired) electrons. The molecule has 0 saturated heterocycles. The third-order valence-corrected chi connectivity index (χ3v) is 17.9. The zero-order valence-electron chi connectivity index (χ0n) is 48.6. The monoisotopic (exact) mass is 1110 g/mol. The molecule has 1 aliphatic rings. The summed E-state index contributed by atoms with van der Waals surface area (Å²) in [6, 6.07) is 103. The predicted molar refractivity (Wildman–Crippen MR) is 365 cm³/mol. The maximum atomic E-state index is 6.33. The minimum atomic E-state index is -0.305. The van der Waals surface area contributed by atoms with Crippen molar-refractivity contribution in [3.05, 3.63) is 320 Å². The highest BCUT2D eigenvalue weighted by atomic mass is 16.5. The molecule has 416 valence electrons. The maximum Gasteiger partial charge on any atom is 0.119 e. The second kappa shape index (κ2) is 23.8. The molecule has 1 aliphatic carbocycles. The number of ether oxygens (including phenoxy) is 1. The van der Waals surface area contributed by atoms with Crippen LogP contribution in [0.1, 0.15) is 72.8 Å². The van der Waals surface area contributed by atoms with E-state index >= 15 is 0 Å². The molecule has 12 aromatic carbocycles. The van der Waals surface area contributed by atoms with E-state index < -0.39 is 0 Å². The van der Waals surface area contributed by atoms with Crippen LogP contribution in [0.4, 0.5) is 17.1 Å². The lowest BCUT2D eigenvalue weighted by Gasteiger charge is -2.34. The fraction of sp³-hybridized carbons (Fsp3) is 0.108. The van der Waals surface area contributed by atoms with E-state index in [1.807, 2.05) is 12.2 Å². The second-order valence-electron chi connectivity index (χ2n) is 23.0. The first-order valence-electron chi connectivity index (χ1n) is 30.5. The van der Waals surface area contributed by atoms with Gasteiger partial charge in [0.25, 0.3) is 0 Å². The molecular formula is C83H68N2O. The SMILES string of the molecule is C=Cc1ccc(-c2ccc3cc(OCCCCCCCCC4(c5ccccc5)c5ccccc5-c5ccc(N(c6ccccc6)c6ccc(-c7ccc8c(c7)c7cc(-c9ccc(C=C)cc9)ccc7n8-c7ccccc7)cc6)cc54)ccc3c2)cc1. The molecule has 14 rings (SSSR count). The zero-order chi connectivity index (χ0) is 57.8. The van der Waals surface area contributed by atoms with Gasteiger partial charge in [-0.2, -0.15) is 0 Å². The molecule has 0 spiro atoms. The number of nitrogens with zero attached hydrogens (tertiary/aromatic N) is 2. The van der Waals surface area contributed by atoms with Crippen molar-refractivity contribution >= 4 is 61.8 Å². The summed E-state index contributed by atoms with van der Waals surface area (Å²) in [5.41, 5.74) is 22.8. The molecule has 0 N–H and O–H groups in total. The average molecular weight is 1110 g/mol. The topological polar surface area (TPSA) is 17.4 Å². The van der Waals surface area contributed by atoms with Crippen molar-refractivity contribution in [3.63, 3.8) is 0 Å². The van der Waals surface area contributed by atoms with Gasteiger partial charge in [-0.25, -0.2) is 0 Å². The summed E-state index contributed by atoms with van der Waals surface area (Å²) in [6.45, 7) is 8.59. The summed E-state index contributed by atoms with van der Waals surface area (Å²) in [5.74, 6) is 0.938. The van der Waals surface area contributed by atoms with Crippen LogP contribution in [0, 0.1) is 0 Å². The van der Waals surface area contributed by atoms with Crippen molar-refractivity contribution in [2.24, 2.45) is 0 Å². The molecule has 13 aromatic rings. The Morgan fingerprint density at radius 1 is 0.372 bits per heavy atom. The van der Waals surface area contributed by atoms with Crippen LogP contribution in [0.15, 0.2) is 292 Å². The lowest BCUT2D eigenvalue weighted by molar-refractivity contribution is 0.304. The number of aromatic nitrogens is 1. The van der Waals surface area contributed by atoms with Gasteiger partial charge in [-0.1, -0.05) is 245 Å². The van der Waals surface area contributed by atoms with Gasteiger partial charge < -0.3 is 14.2 Å². The molecule has 1 atom stereocenters. The molecule has 0 bridgehead atoms. The second-order valence-corrected chi connectivity index (χ2v) is 23.0. The fourth-order valence-corrected chi connectivity index (χ4v) is 13.5. The van der Waals surface area contributed by atoms with Crippen molar-refractivity contribution in [3.8, 4) is 55.9 Å². The van der Waals surface area contributed by atoms with Gasteiger partial charge in [0.15, 0.2) is 0 Å². The fourth-order valence-electron chi connectivity index (χ4n) is 13.5. The number of hydrogen-bond acceptors (Lipinski definition) is 2. The molecule has 0 aliphatic heterocycles. The third kappa shape index (κ3) is 10.3. The summed E-state index contributed by atoms with van der Waals surface area (Å²) in [6.07, 6.45) is 11.7. The van der Waals surface area contributed by atoms with E-state index in [1.165, 1.54) is 113 Å². The van der Waals surface area contributed by atoms with Crippen LogP contribution in [0.2, 0.25) is 0 Å². The molecule has 86 heavy (non-hydrogen) atoms. The molecule has 1 unspecified atom stereocenters. The Morgan fingerprint density at radius 2 is 0.860 bits per heavy atom. The average Bonchev–Trinajstić information content (AvgIpc) is 1.65. The van der Waals surface area contributed by atoms with Gasteiger partial charge in [0, 0.05) is 38.9 Å². The summed E-state index contributed by atoms with van der Waals surface area (Å²) in [7, 11) is 0. The van der Waals surface area contributed by atoms with E-state index in [-0.39, 0.29) is 5.41 Å². The Labute approximate surface area is 506 Å². The van der Waals surface area contributed by atoms with Gasteiger partial charge in [-0.15, -0.1) is 0 Å². The van der Waals surface area contributed by atoms with E-state index in [1.54, 1.807) is 0 Å². The molecule has 3 heteroatoms. The minimum Gasteiger partial charge on any atom is -0.494 e. The number of para-hydroxylation sites is 2. The van der Waals surface area contributed by atoms with E-state index in [9.17, 15) is 0 Å². The molecular weight excluding hydrogens is 1040 g/mol. The van der Waals surface area contributed by atoms with Crippen molar-refractivity contribution in [1.29, 1.82) is 0 Å². The molecule has 0 amide bonds. The Hall–Kier alpha value is -10.2. The quantitative estimate of drug-likeness (QED) is 0.0708. The molecule has 1 aromatic heterocycles. The normalized spacial score (nSPS) is 13.4. The van der Waals surface area contributed by atoms with Crippen LogP contribution < -0.4 is 9.64 Å². The van der Waals surface area contributed by atoms with Gasteiger partial charge in [0.1, 0.15) is 5.75 Å². The van der Waals surface area contributed by atoms with Crippen molar-refractivity contribution in [2.45, 2.75) is 50.4 Å². The predicted octanol–water partition coefficient (Wildman–Crippen LogP) is 22.8. The highest BCUT2D eigenvalue weighted by Gasteiger charge is 2.44. The number of unbranched alkanes of at least 4 members (excludes halogenated alkanes) is 5. The van der Waals surface area contributed by atoms with E-state index in [4.69, 9.17) is 4.74 Å². The van der Waals surface area contributed by atoms with Crippen LogP contribution in [0.3, 0.4) is 0 Å². The van der Waals surface area contributed by atoms with Crippen LogP contribution in [0.5, 0.6) is 5.75 Å². The summed E-state index contributed by atoms with van der Waals surface area (Å²) < 4.78 is 8.72.